The average molecular weight is 338 g/mol. The molecular weight excluding hydrogens is 320 g/mol. The highest BCUT2D eigenvalue weighted by atomic mass is 16.5. The molecule has 25 heavy (non-hydrogen) atoms. The summed E-state index contributed by atoms with van der Waals surface area (Å²) >= 11 is 0. The van der Waals surface area contributed by atoms with Crippen molar-refractivity contribution in [3.05, 3.63) is 53.1 Å². The van der Waals surface area contributed by atoms with Crippen LogP contribution in [0.1, 0.15) is 33.2 Å². The maximum Gasteiger partial charge on any atom is 0.338 e. The molecule has 0 spiro atoms. The largest absolute Gasteiger partial charge is 0.465 e. The van der Waals surface area contributed by atoms with Gasteiger partial charge in [-0.2, -0.15) is 0 Å². The van der Waals surface area contributed by atoms with E-state index in [1.165, 1.54) is 7.11 Å². The zero-order valence-electron chi connectivity index (χ0n) is 14.2. The van der Waals surface area contributed by atoms with Gasteiger partial charge >= 0.3 is 5.97 Å². The normalized spacial score (nSPS) is 10.7. The summed E-state index contributed by atoms with van der Waals surface area (Å²) < 4.78 is 6.52. The number of nitrogens with zero attached hydrogens (tertiary/aromatic N) is 3. The average Bonchev–Trinajstić information content (AvgIpc) is 3.05. The third-order valence-corrected chi connectivity index (χ3v) is 4.06. The number of aromatic nitrogens is 3. The summed E-state index contributed by atoms with van der Waals surface area (Å²) in [5, 5.41) is 10.9. The Morgan fingerprint density at radius 3 is 2.76 bits per heavy atom. The summed E-state index contributed by atoms with van der Waals surface area (Å²) in [4.78, 5) is 24.3. The maximum atomic E-state index is 12.6. The first-order valence-electron chi connectivity index (χ1n) is 7.87. The van der Waals surface area contributed by atoms with Gasteiger partial charge in [-0.05, 0) is 49.7 Å². The Morgan fingerprint density at radius 1 is 1.24 bits per heavy atom. The lowest BCUT2D eigenvalue weighted by molar-refractivity contribution is 0.0599. The molecule has 1 aromatic heterocycles. The molecule has 0 saturated carbocycles. The first-order chi connectivity index (χ1) is 12.0. The van der Waals surface area contributed by atoms with E-state index in [0.717, 1.165) is 5.52 Å². The fourth-order valence-corrected chi connectivity index (χ4v) is 2.64. The van der Waals surface area contributed by atoms with E-state index in [-0.39, 0.29) is 5.91 Å². The molecule has 1 N–H and O–H groups in total. The number of hydrogen-bond acceptors (Lipinski definition) is 5. The molecular formula is C18H18N4O3. The predicted octanol–water partition coefficient (Wildman–Crippen LogP) is 2.80. The molecule has 0 aliphatic heterocycles. The highest BCUT2D eigenvalue weighted by molar-refractivity contribution is 6.07. The number of carbonyl (C=O) groups excluding carboxylic acids is 2. The fourth-order valence-electron chi connectivity index (χ4n) is 2.64. The van der Waals surface area contributed by atoms with Crippen LogP contribution in [0.2, 0.25) is 0 Å². The van der Waals surface area contributed by atoms with Crippen molar-refractivity contribution in [1.82, 2.24) is 15.0 Å². The maximum absolute atomic E-state index is 12.6. The monoisotopic (exact) mass is 338 g/mol. The van der Waals surface area contributed by atoms with Crippen molar-refractivity contribution in [3.8, 4) is 0 Å². The van der Waals surface area contributed by atoms with Crippen LogP contribution in [0.25, 0.3) is 11.0 Å². The number of carbonyl (C=O) groups is 2. The standard InChI is InChI=1S/C18H18N4O3/c1-4-22-16-9-8-12(10-15(16)20-21-22)17(23)19-14-7-5-6-13(11(14)2)18(24)25-3/h5-10H,4H2,1-3H3,(H,19,23). The number of nitrogens with one attached hydrogen (secondary N) is 1. The molecule has 0 bridgehead atoms. The van der Waals surface area contributed by atoms with Gasteiger partial charge in [0.25, 0.3) is 5.91 Å². The van der Waals surface area contributed by atoms with Crippen LogP contribution in [-0.2, 0) is 11.3 Å². The molecule has 128 valence electrons. The molecule has 1 amide bonds. The van der Waals surface area contributed by atoms with E-state index in [4.69, 9.17) is 4.74 Å². The van der Waals surface area contributed by atoms with Crippen LogP contribution in [0.4, 0.5) is 5.69 Å². The van der Waals surface area contributed by atoms with Gasteiger partial charge in [0.2, 0.25) is 0 Å². The lowest BCUT2D eigenvalue weighted by Crippen LogP contribution is -2.14. The summed E-state index contributed by atoms with van der Waals surface area (Å²) in [6.07, 6.45) is 0. The van der Waals surface area contributed by atoms with Gasteiger partial charge in [-0.15, -0.1) is 5.10 Å². The third kappa shape index (κ3) is 3.08. The van der Waals surface area contributed by atoms with E-state index >= 15 is 0 Å². The Kier molecular flexibility index (Phi) is 4.47. The lowest BCUT2D eigenvalue weighted by Gasteiger charge is -2.11. The van der Waals surface area contributed by atoms with Crippen LogP contribution in [0, 0.1) is 6.92 Å². The number of ether oxygens (including phenoxy) is 1. The summed E-state index contributed by atoms with van der Waals surface area (Å²) in [5.41, 5.74) is 3.64. The zero-order valence-corrected chi connectivity index (χ0v) is 14.2. The number of methoxy groups -OCH3 is 1. The molecule has 3 aromatic rings. The smallest absolute Gasteiger partial charge is 0.338 e. The lowest BCUT2D eigenvalue weighted by atomic mass is 10.1. The van der Waals surface area contributed by atoms with Crippen molar-refractivity contribution >= 4 is 28.6 Å². The first kappa shape index (κ1) is 16.6. The number of esters is 1. The Balaban J connectivity index is 1.89. The van der Waals surface area contributed by atoms with Crippen molar-refractivity contribution in [3.63, 3.8) is 0 Å². The molecule has 3 rings (SSSR count). The molecule has 7 nitrogen and oxygen atoms in total. The summed E-state index contributed by atoms with van der Waals surface area (Å²) in [6, 6.07) is 10.4. The molecule has 0 fully saturated rings. The molecule has 0 radical (unpaired) electrons. The molecule has 1 heterocycles. The van der Waals surface area contributed by atoms with Gasteiger partial charge in [-0.3, -0.25) is 4.79 Å². The van der Waals surface area contributed by atoms with E-state index in [2.05, 4.69) is 15.6 Å². The van der Waals surface area contributed by atoms with Gasteiger partial charge in [0.05, 0.1) is 18.2 Å². The molecule has 2 aromatic carbocycles. The second kappa shape index (κ2) is 6.72. The van der Waals surface area contributed by atoms with Crippen LogP contribution < -0.4 is 5.32 Å². The number of amides is 1. The van der Waals surface area contributed by atoms with Gasteiger partial charge in [-0.1, -0.05) is 11.3 Å². The summed E-state index contributed by atoms with van der Waals surface area (Å²) in [5.74, 6) is -0.718. The highest BCUT2D eigenvalue weighted by Crippen LogP contribution is 2.21. The SMILES string of the molecule is CCn1nnc2cc(C(=O)Nc3cccc(C(=O)OC)c3C)ccc21. The second-order valence-corrected chi connectivity index (χ2v) is 5.53. The van der Waals surface area contributed by atoms with Crippen molar-refractivity contribution in [1.29, 1.82) is 0 Å². The number of benzene rings is 2. The number of fused-ring (bicyclic) bond motifs is 1. The van der Waals surface area contributed by atoms with Gasteiger partial charge in [0, 0.05) is 17.8 Å². The minimum Gasteiger partial charge on any atom is -0.465 e. The number of anilines is 1. The highest BCUT2D eigenvalue weighted by Gasteiger charge is 2.15. The van der Waals surface area contributed by atoms with Crippen LogP contribution >= 0.6 is 0 Å². The number of aryl methyl sites for hydroxylation is 1. The molecule has 0 unspecified atom stereocenters. The van der Waals surface area contributed by atoms with Crippen LogP contribution in [0.5, 0.6) is 0 Å². The van der Waals surface area contributed by atoms with Gasteiger partial charge < -0.3 is 10.1 Å². The third-order valence-electron chi connectivity index (χ3n) is 4.06. The second-order valence-electron chi connectivity index (χ2n) is 5.53. The van der Waals surface area contributed by atoms with E-state index < -0.39 is 5.97 Å². The van der Waals surface area contributed by atoms with E-state index in [1.807, 2.05) is 13.0 Å². The van der Waals surface area contributed by atoms with Crippen LogP contribution in [0.3, 0.4) is 0 Å². The van der Waals surface area contributed by atoms with Crippen molar-refractivity contribution in [2.45, 2.75) is 20.4 Å². The molecule has 0 aliphatic rings. The van der Waals surface area contributed by atoms with Gasteiger partial charge in [-0.25, -0.2) is 9.48 Å². The quantitative estimate of drug-likeness (QED) is 0.739. The fraction of sp³-hybridized carbons (Fsp3) is 0.222. The summed E-state index contributed by atoms with van der Waals surface area (Å²) in [6.45, 7) is 4.45. The zero-order chi connectivity index (χ0) is 18.0. The van der Waals surface area contributed by atoms with Crippen LogP contribution in [-0.4, -0.2) is 34.0 Å². The van der Waals surface area contributed by atoms with Crippen molar-refractivity contribution in [2.24, 2.45) is 0 Å². The molecule has 0 atom stereocenters. The minimum atomic E-state index is -0.439. The first-order valence-corrected chi connectivity index (χ1v) is 7.87. The Labute approximate surface area is 144 Å². The van der Waals surface area contributed by atoms with Crippen molar-refractivity contribution in [2.75, 3.05) is 12.4 Å². The Bertz CT molecular complexity index is 962. The topological polar surface area (TPSA) is 86.1 Å². The van der Waals surface area contributed by atoms with E-state index in [1.54, 1.807) is 41.9 Å². The van der Waals surface area contributed by atoms with Crippen LogP contribution in [0.15, 0.2) is 36.4 Å². The summed E-state index contributed by atoms with van der Waals surface area (Å²) in [7, 11) is 1.33. The van der Waals surface area contributed by atoms with Crippen molar-refractivity contribution < 1.29 is 14.3 Å². The Morgan fingerprint density at radius 2 is 2.04 bits per heavy atom. The van der Waals surface area contributed by atoms with E-state index in [9.17, 15) is 9.59 Å². The Hall–Kier alpha value is -3.22. The molecule has 0 aliphatic carbocycles. The molecule has 0 saturated heterocycles. The molecule has 7 heteroatoms. The number of hydrogen-bond donors (Lipinski definition) is 1. The van der Waals surface area contributed by atoms with Gasteiger partial charge in [0.15, 0.2) is 0 Å². The number of rotatable bonds is 4. The van der Waals surface area contributed by atoms with Gasteiger partial charge in [0.1, 0.15) is 5.52 Å². The predicted molar refractivity (Wildman–Crippen MR) is 93.7 cm³/mol. The van der Waals surface area contributed by atoms with E-state index in [0.29, 0.717) is 34.4 Å². The minimum absolute atomic E-state index is 0.280.